The minimum absolute atomic E-state index is 0.125. The van der Waals surface area contributed by atoms with Gasteiger partial charge in [-0.2, -0.15) is 5.10 Å². The van der Waals surface area contributed by atoms with Gasteiger partial charge in [-0.25, -0.2) is 10.2 Å². The number of carbonyl (C=O) groups is 3. The molecule has 0 radical (unpaired) electrons. The van der Waals surface area contributed by atoms with Crippen LogP contribution in [0.25, 0.3) is 0 Å². The third kappa shape index (κ3) is 3.71. The monoisotopic (exact) mass is 239 g/mol. The molecule has 1 aliphatic heterocycles. The number of hydrogen-bond donors (Lipinski definition) is 3. The van der Waals surface area contributed by atoms with Crippen LogP contribution in [0.2, 0.25) is 0 Å². The summed E-state index contributed by atoms with van der Waals surface area (Å²) < 4.78 is 0. The Hall–Kier alpha value is -2.18. The van der Waals surface area contributed by atoms with Crippen LogP contribution in [0, 0.1) is 0 Å². The third-order valence-corrected chi connectivity index (χ3v) is 2.17. The summed E-state index contributed by atoms with van der Waals surface area (Å²) in [6.45, 7) is 3.41. The maximum Gasteiger partial charge on any atom is 0.326 e. The van der Waals surface area contributed by atoms with Gasteiger partial charge in [-0.15, -0.1) is 6.58 Å². The number of carbonyl (C=O) groups excluding carboxylic acids is 2. The molecule has 1 unspecified atom stereocenters. The molecule has 1 heterocycles. The first kappa shape index (κ1) is 12.9. The highest BCUT2D eigenvalue weighted by Gasteiger charge is 2.23. The maximum atomic E-state index is 11.6. The van der Waals surface area contributed by atoms with E-state index in [1.54, 1.807) is 0 Å². The van der Waals surface area contributed by atoms with Crippen LogP contribution in [-0.2, 0) is 14.4 Å². The fourth-order valence-corrected chi connectivity index (χ4v) is 1.27. The van der Waals surface area contributed by atoms with Crippen molar-refractivity contribution in [3.63, 3.8) is 0 Å². The molecule has 0 aliphatic carbocycles. The molecule has 0 aromatic carbocycles. The van der Waals surface area contributed by atoms with Crippen molar-refractivity contribution in [1.29, 1.82) is 0 Å². The Balaban J connectivity index is 2.61. The van der Waals surface area contributed by atoms with Crippen LogP contribution in [0.4, 0.5) is 0 Å². The molecular formula is C10H13N3O4. The van der Waals surface area contributed by atoms with Gasteiger partial charge in [-0.3, -0.25) is 9.59 Å². The standard InChI is InChI=1S/C10H13N3O4/c1-2-3-7(10(16)17)11-9(15)6-4-5-8(14)13-12-6/h2,7H,1,3-5H2,(H,11,15)(H,13,14)(H,16,17). The lowest BCUT2D eigenvalue weighted by atomic mass is 10.1. The number of nitrogens with one attached hydrogen (secondary N) is 2. The zero-order chi connectivity index (χ0) is 12.8. The number of hydrazone groups is 1. The van der Waals surface area contributed by atoms with Crippen LogP contribution in [0.15, 0.2) is 17.8 Å². The van der Waals surface area contributed by atoms with E-state index in [9.17, 15) is 14.4 Å². The van der Waals surface area contributed by atoms with E-state index in [0.29, 0.717) is 0 Å². The number of carboxylic acid groups (broad SMARTS) is 1. The molecular weight excluding hydrogens is 226 g/mol. The third-order valence-electron chi connectivity index (χ3n) is 2.17. The second kappa shape index (κ2) is 5.78. The lowest BCUT2D eigenvalue weighted by molar-refractivity contribution is -0.141. The SMILES string of the molecule is C=CCC(NC(=O)C1=NNC(=O)CC1)C(=O)O. The fourth-order valence-electron chi connectivity index (χ4n) is 1.27. The predicted octanol–water partition coefficient (Wildman–Crippen LogP) is -0.602. The number of aliphatic carboxylic acids is 1. The molecule has 3 N–H and O–H groups in total. The predicted molar refractivity (Wildman–Crippen MR) is 59.2 cm³/mol. The van der Waals surface area contributed by atoms with Gasteiger partial charge in [0, 0.05) is 12.8 Å². The summed E-state index contributed by atoms with van der Waals surface area (Å²) >= 11 is 0. The summed E-state index contributed by atoms with van der Waals surface area (Å²) in [4.78, 5) is 33.2. The second-order valence-electron chi connectivity index (χ2n) is 3.48. The van der Waals surface area contributed by atoms with Gasteiger partial charge in [0.25, 0.3) is 5.91 Å². The molecule has 7 nitrogen and oxygen atoms in total. The van der Waals surface area contributed by atoms with Crippen LogP contribution in [0.3, 0.4) is 0 Å². The van der Waals surface area contributed by atoms with Crippen LogP contribution in [0.1, 0.15) is 19.3 Å². The number of rotatable bonds is 5. The van der Waals surface area contributed by atoms with Gasteiger partial charge in [-0.1, -0.05) is 6.08 Å². The fraction of sp³-hybridized carbons (Fsp3) is 0.400. The Morgan fingerprint density at radius 2 is 2.29 bits per heavy atom. The lowest BCUT2D eigenvalue weighted by Crippen LogP contribution is -2.45. The zero-order valence-electron chi connectivity index (χ0n) is 9.10. The van der Waals surface area contributed by atoms with Crippen molar-refractivity contribution < 1.29 is 19.5 Å². The molecule has 0 bridgehead atoms. The smallest absolute Gasteiger partial charge is 0.326 e. The van der Waals surface area contributed by atoms with Gasteiger partial charge in [0.2, 0.25) is 5.91 Å². The first-order valence-electron chi connectivity index (χ1n) is 5.04. The Morgan fingerprint density at radius 3 is 2.76 bits per heavy atom. The van der Waals surface area contributed by atoms with Crippen LogP contribution < -0.4 is 10.7 Å². The normalized spacial score (nSPS) is 16.5. The number of nitrogens with zero attached hydrogens (tertiary/aromatic N) is 1. The highest BCUT2D eigenvalue weighted by atomic mass is 16.4. The Morgan fingerprint density at radius 1 is 1.59 bits per heavy atom. The number of carboxylic acids is 1. The van der Waals surface area contributed by atoms with E-state index in [-0.39, 0.29) is 30.9 Å². The van der Waals surface area contributed by atoms with Gasteiger partial charge in [0.1, 0.15) is 11.8 Å². The van der Waals surface area contributed by atoms with Gasteiger partial charge in [-0.05, 0) is 6.42 Å². The molecule has 0 saturated heterocycles. The van der Waals surface area contributed by atoms with E-state index in [1.807, 2.05) is 0 Å². The van der Waals surface area contributed by atoms with Crippen molar-refractivity contribution >= 4 is 23.5 Å². The van der Waals surface area contributed by atoms with Crippen LogP contribution >= 0.6 is 0 Å². The van der Waals surface area contributed by atoms with Crippen molar-refractivity contribution in [2.24, 2.45) is 5.10 Å². The Labute approximate surface area is 97.6 Å². The van der Waals surface area contributed by atoms with Gasteiger partial charge < -0.3 is 10.4 Å². The quantitative estimate of drug-likeness (QED) is 0.556. The van der Waals surface area contributed by atoms with Crippen molar-refractivity contribution in [2.45, 2.75) is 25.3 Å². The molecule has 0 fully saturated rings. The first-order valence-corrected chi connectivity index (χ1v) is 5.04. The van der Waals surface area contributed by atoms with Crippen LogP contribution in [-0.4, -0.2) is 34.6 Å². The molecule has 7 heteroatoms. The Bertz CT molecular complexity index is 389. The van der Waals surface area contributed by atoms with Crippen molar-refractivity contribution in [3.05, 3.63) is 12.7 Å². The molecule has 0 aromatic heterocycles. The van der Waals surface area contributed by atoms with E-state index >= 15 is 0 Å². The van der Waals surface area contributed by atoms with Crippen LogP contribution in [0.5, 0.6) is 0 Å². The second-order valence-corrected chi connectivity index (χ2v) is 3.48. The first-order chi connectivity index (χ1) is 8.04. The van der Waals surface area contributed by atoms with Crippen molar-refractivity contribution in [1.82, 2.24) is 10.7 Å². The van der Waals surface area contributed by atoms with E-state index in [4.69, 9.17) is 5.11 Å². The van der Waals surface area contributed by atoms with Crippen molar-refractivity contribution in [3.8, 4) is 0 Å². The minimum Gasteiger partial charge on any atom is -0.480 e. The molecule has 2 amide bonds. The van der Waals surface area contributed by atoms with E-state index in [1.165, 1.54) is 6.08 Å². The molecule has 0 spiro atoms. The molecule has 1 rings (SSSR count). The molecule has 92 valence electrons. The number of amides is 2. The molecule has 1 aliphatic rings. The summed E-state index contributed by atoms with van der Waals surface area (Å²) in [5.74, 6) is -1.99. The summed E-state index contributed by atoms with van der Waals surface area (Å²) in [6.07, 6.45) is 1.91. The summed E-state index contributed by atoms with van der Waals surface area (Å²) in [7, 11) is 0. The Kier molecular flexibility index (Phi) is 4.38. The summed E-state index contributed by atoms with van der Waals surface area (Å²) in [5.41, 5.74) is 2.29. The van der Waals surface area contributed by atoms with Gasteiger partial charge >= 0.3 is 5.97 Å². The highest BCUT2D eigenvalue weighted by molar-refractivity contribution is 6.39. The largest absolute Gasteiger partial charge is 0.480 e. The molecule has 0 saturated carbocycles. The lowest BCUT2D eigenvalue weighted by Gasteiger charge is -2.15. The zero-order valence-corrected chi connectivity index (χ0v) is 9.10. The highest BCUT2D eigenvalue weighted by Crippen LogP contribution is 2.01. The van der Waals surface area contributed by atoms with Crippen molar-refractivity contribution in [2.75, 3.05) is 0 Å². The number of hydrogen-bond acceptors (Lipinski definition) is 4. The molecule has 0 aromatic rings. The molecule has 17 heavy (non-hydrogen) atoms. The topological polar surface area (TPSA) is 108 Å². The average Bonchev–Trinajstić information content (AvgIpc) is 2.29. The average molecular weight is 239 g/mol. The van der Waals surface area contributed by atoms with Gasteiger partial charge in [0.15, 0.2) is 0 Å². The summed E-state index contributed by atoms with van der Waals surface area (Å²) in [6, 6.07) is -1.03. The minimum atomic E-state index is -1.14. The van der Waals surface area contributed by atoms with E-state index in [2.05, 4.69) is 22.4 Å². The van der Waals surface area contributed by atoms with E-state index < -0.39 is 17.9 Å². The van der Waals surface area contributed by atoms with E-state index in [0.717, 1.165) is 0 Å². The van der Waals surface area contributed by atoms with Gasteiger partial charge in [0.05, 0.1) is 0 Å². The molecule has 1 atom stereocenters. The summed E-state index contributed by atoms with van der Waals surface area (Å²) in [5, 5.41) is 14.7. The maximum absolute atomic E-state index is 11.6.